The van der Waals surface area contributed by atoms with Crippen molar-refractivity contribution in [1.82, 2.24) is 9.55 Å². The Balaban J connectivity index is 1.42. The minimum absolute atomic E-state index is 0.202. The first-order valence-corrected chi connectivity index (χ1v) is 13.1. The Hall–Kier alpha value is -4.33. The molecule has 0 aliphatic carbocycles. The molecule has 0 fully saturated rings. The lowest BCUT2D eigenvalue weighted by atomic mass is 10.0. The molecular weight excluding hydrogens is 572 g/mol. The van der Waals surface area contributed by atoms with E-state index < -0.39 is 17.7 Å². The Morgan fingerprint density at radius 1 is 0.854 bits per heavy atom. The highest BCUT2D eigenvalue weighted by molar-refractivity contribution is 6.36. The molecular formula is C32H21Cl2F3N2O2. The van der Waals surface area contributed by atoms with Crippen LogP contribution in [0.4, 0.5) is 13.2 Å². The van der Waals surface area contributed by atoms with Crippen LogP contribution in [0.15, 0.2) is 97.2 Å². The van der Waals surface area contributed by atoms with Crippen molar-refractivity contribution in [3.8, 4) is 22.4 Å². The summed E-state index contributed by atoms with van der Waals surface area (Å²) in [7, 11) is 0. The smallest absolute Gasteiger partial charge is 0.416 e. The maximum Gasteiger partial charge on any atom is 0.416 e. The van der Waals surface area contributed by atoms with E-state index in [-0.39, 0.29) is 5.56 Å². The quantitative estimate of drug-likeness (QED) is 0.205. The van der Waals surface area contributed by atoms with E-state index in [4.69, 9.17) is 28.2 Å². The van der Waals surface area contributed by atoms with E-state index in [0.29, 0.717) is 39.2 Å². The first-order valence-electron chi connectivity index (χ1n) is 12.4. The first kappa shape index (κ1) is 28.2. The summed E-state index contributed by atoms with van der Waals surface area (Å²) in [4.78, 5) is 16.0. The van der Waals surface area contributed by atoms with Gasteiger partial charge in [-0.25, -0.2) is 9.78 Å². The SMILES string of the molecule is O=C(O)c1ccc(Cn2cc(-c3ccc(Cl)cc3Cl)nc2/C=C/c2ccc(-c3ccc(C(F)(F)F)cc3)cc2)cc1. The third-order valence-electron chi connectivity index (χ3n) is 6.45. The van der Waals surface area contributed by atoms with E-state index >= 15 is 0 Å². The molecule has 1 N–H and O–H groups in total. The van der Waals surface area contributed by atoms with Crippen LogP contribution >= 0.6 is 23.2 Å². The van der Waals surface area contributed by atoms with Gasteiger partial charge in [0, 0.05) is 23.3 Å². The van der Waals surface area contributed by atoms with Crippen molar-refractivity contribution in [3.05, 3.63) is 135 Å². The lowest BCUT2D eigenvalue weighted by Crippen LogP contribution is -2.03. The lowest BCUT2D eigenvalue weighted by molar-refractivity contribution is -0.137. The fraction of sp³-hybridized carbons (Fsp3) is 0.0625. The summed E-state index contributed by atoms with van der Waals surface area (Å²) in [6, 6.07) is 24.3. The van der Waals surface area contributed by atoms with Crippen molar-refractivity contribution in [2.24, 2.45) is 0 Å². The molecule has 0 aliphatic heterocycles. The van der Waals surface area contributed by atoms with Crippen LogP contribution in [0.5, 0.6) is 0 Å². The average molecular weight is 593 g/mol. The Morgan fingerprint density at radius 3 is 2.07 bits per heavy atom. The lowest BCUT2D eigenvalue weighted by Gasteiger charge is -2.08. The topological polar surface area (TPSA) is 55.1 Å². The molecule has 0 saturated heterocycles. The van der Waals surface area contributed by atoms with Gasteiger partial charge in [-0.1, -0.05) is 77.8 Å². The second-order valence-corrected chi connectivity index (χ2v) is 10.1. The fourth-order valence-electron chi connectivity index (χ4n) is 4.28. The minimum atomic E-state index is -4.38. The predicted molar refractivity (Wildman–Crippen MR) is 156 cm³/mol. The molecule has 0 saturated carbocycles. The standard InChI is InChI=1S/C32H21Cl2F3N2O2/c33-26-14-15-27(28(34)17-26)29-19-39(18-21-3-8-24(9-4-21)31(40)41)30(38-29)16-5-20-1-6-22(7-2-20)23-10-12-25(13-11-23)32(35,36)37/h1-17,19H,18H2,(H,40,41)/b16-5+. The molecule has 0 bridgehead atoms. The summed E-state index contributed by atoms with van der Waals surface area (Å²) >= 11 is 12.5. The molecule has 4 aromatic carbocycles. The molecule has 5 aromatic rings. The van der Waals surface area contributed by atoms with Crippen LogP contribution in [-0.2, 0) is 12.7 Å². The largest absolute Gasteiger partial charge is 0.478 e. The highest BCUT2D eigenvalue weighted by Gasteiger charge is 2.29. The molecule has 0 aliphatic rings. The Kier molecular flexibility index (Phi) is 8.01. The number of hydrogen-bond donors (Lipinski definition) is 1. The maximum absolute atomic E-state index is 12.9. The third-order valence-corrected chi connectivity index (χ3v) is 7.00. The second-order valence-electron chi connectivity index (χ2n) is 9.27. The molecule has 4 nitrogen and oxygen atoms in total. The van der Waals surface area contributed by atoms with E-state index in [0.717, 1.165) is 28.8 Å². The monoisotopic (exact) mass is 592 g/mol. The number of nitrogens with zero attached hydrogens (tertiary/aromatic N) is 2. The molecule has 206 valence electrons. The number of hydrogen-bond acceptors (Lipinski definition) is 2. The van der Waals surface area contributed by atoms with Crippen molar-refractivity contribution < 1.29 is 23.1 Å². The Morgan fingerprint density at radius 2 is 1.49 bits per heavy atom. The van der Waals surface area contributed by atoms with Crippen LogP contribution in [0.1, 0.15) is 32.9 Å². The summed E-state index contributed by atoms with van der Waals surface area (Å²) in [6.45, 7) is 0.435. The summed E-state index contributed by atoms with van der Waals surface area (Å²) in [5, 5.41) is 10.2. The molecule has 5 rings (SSSR count). The highest BCUT2D eigenvalue weighted by Crippen LogP contribution is 2.32. The zero-order chi connectivity index (χ0) is 29.1. The average Bonchev–Trinajstić information content (AvgIpc) is 3.34. The molecule has 0 unspecified atom stereocenters. The van der Waals surface area contributed by atoms with Gasteiger partial charge in [-0.2, -0.15) is 13.2 Å². The van der Waals surface area contributed by atoms with Crippen LogP contribution in [0.3, 0.4) is 0 Å². The van der Waals surface area contributed by atoms with Gasteiger partial charge in [-0.05, 0) is 70.8 Å². The summed E-state index contributed by atoms with van der Waals surface area (Å²) < 4.78 is 40.6. The summed E-state index contributed by atoms with van der Waals surface area (Å²) in [5.74, 6) is -0.355. The fourth-order valence-corrected chi connectivity index (χ4v) is 4.78. The van der Waals surface area contributed by atoms with Crippen molar-refractivity contribution in [3.63, 3.8) is 0 Å². The minimum Gasteiger partial charge on any atom is -0.478 e. The van der Waals surface area contributed by atoms with Gasteiger partial charge >= 0.3 is 12.1 Å². The van der Waals surface area contributed by atoms with Crippen LogP contribution in [-0.4, -0.2) is 20.6 Å². The summed E-state index contributed by atoms with van der Waals surface area (Å²) in [6.07, 6.45) is 1.23. The van der Waals surface area contributed by atoms with Gasteiger partial charge in [0.05, 0.1) is 21.8 Å². The van der Waals surface area contributed by atoms with E-state index in [1.165, 1.54) is 12.1 Å². The van der Waals surface area contributed by atoms with Gasteiger partial charge in [-0.15, -0.1) is 0 Å². The van der Waals surface area contributed by atoms with Gasteiger partial charge in [0.2, 0.25) is 0 Å². The number of alkyl halides is 3. The second kappa shape index (κ2) is 11.6. The molecule has 1 heterocycles. The van der Waals surface area contributed by atoms with Crippen LogP contribution in [0, 0.1) is 0 Å². The number of imidazole rings is 1. The number of carboxylic acid groups (broad SMARTS) is 1. The Labute approximate surface area is 243 Å². The number of carboxylic acids is 1. The van der Waals surface area contributed by atoms with Crippen molar-refractivity contribution in [1.29, 1.82) is 0 Å². The Bertz CT molecular complexity index is 1730. The van der Waals surface area contributed by atoms with Gasteiger partial charge in [0.25, 0.3) is 0 Å². The third kappa shape index (κ3) is 6.70. The van der Waals surface area contributed by atoms with E-state index in [9.17, 15) is 23.1 Å². The van der Waals surface area contributed by atoms with E-state index in [1.54, 1.807) is 42.5 Å². The molecule has 0 radical (unpaired) electrons. The van der Waals surface area contributed by atoms with Crippen molar-refractivity contribution >= 4 is 41.3 Å². The van der Waals surface area contributed by atoms with Crippen molar-refractivity contribution in [2.75, 3.05) is 0 Å². The number of carbonyl (C=O) groups is 1. The number of benzene rings is 4. The van der Waals surface area contributed by atoms with Crippen molar-refractivity contribution in [2.45, 2.75) is 12.7 Å². The highest BCUT2D eigenvalue weighted by atomic mass is 35.5. The molecule has 0 atom stereocenters. The zero-order valence-electron chi connectivity index (χ0n) is 21.2. The van der Waals surface area contributed by atoms with Gasteiger partial charge in [0.1, 0.15) is 5.82 Å². The van der Waals surface area contributed by atoms with E-state index in [1.807, 2.05) is 47.2 Å². The van der Waals surface area contributed by atoms with Gasteiger partial charge < -0.3 is 9.67 Å². The van der Waals surface area contributed by atoms with Crippen LogP contribution in [0.25, 0.3) is 34.5 Å². The van der Waals surface area contributed by atoms with Crippen LogP contribution in [0.2, 0.25) is 10.0 Å². The molecule has 1 aromatic heterocycles. The number of aromatic nitrogens is 2. The number of rotatable bonds is 7. The normalized spacial score (nSPS) is 11.7. The van der Waals surface area contributed by atoms with Crippen LogP contribution < -0.4 is 0 Å². The van der Waals surface area contributed by atoms with Gasteiger partial charge in [-0.3, -0.25) is 0 Å². The number of halogens is 5. The van der Waals surface area contributed by atoms with E-state index in [2.05, 4.69) is 0 Å². The molecule has 41 heavy (non-hydrogen) atoms. The molecule has 0 spiro atoms. The molecule has 0 amide bonds. The molecule has 9 heteroatoms. The van der Waals surface area contributed by atoms with Gasteiger partial charge in [0.15, 0.2) is 0 Å². The predicted octanol–water partition coefficient (Wildman–Crippen LogP) is 9.46. The first-order chi connectivity index (χ1) is 19.6. The maximum atomic E-state index is 12.9. The zero-order valence-corrected chi connectivity index (χ0v) is 22.8. The number of aromatic carboxylic acids is 1. The summed E-state index contributed by atoms with van der Waals surface area (Å²) in [5.41, 5.74) is 4.10.